The highest BCUT2D eigenvalue weighted by atomic mass is 32.2. The molecular weight excluding hydrogens is 284 g/mol. The molecule has 0 bridgehead atoms. The first-order valence-corrected chi connectivity index (χ1v) is 8.40. The van der Waals surface area contributed by atoms with Crippen LogP contribution in [0.4, 0.5) is 5.82 Å². The van der Waals surface area contributed by atoms with Gasteiger partial charge in [-0.3, -0.25) is 4.40 Å². The number of rotatable bonds is 2. The van der Waals surface area contributed by atoms with Gasteiger partial charge in [0.1, 0.15) is 0 Å². The van der Waals surface area contributed by atoms with E-state index in [4.69, 9.17) is 5.73 Å². The van der Waals surface area contributed by atoms with Crippen LogP contribution in [0.2, 0.25) is 0 Å². The lowest BCUT2D eigenvalue weighted by Gasteiger charge is -2.30. The Morgan fingerprint density at radius 2 is 2.21 bits per heavy atom. The molecule has 1 saturated heterocycles. The SMILES string of the molecule is CC1(C)CCCN1S(=O)(=O)c1c(N)nc2sccn12. The van der Waals surface area contributed by atoms with Gasteiger partial charge in [-0.1, -0.05) is 0 Å². The zero-order chi connectivity index (χ0) is 13.8. The molecule has 0 aromatic carbocycles. The van der Waals surface area contributed by atoms with Crippen molar-refractivity contribution in [3.8, 4) is 0 Å². The van der Waals surface area contributed by atoms with Crippen molar-refractivity contribution in [3.63, 3.8) is 0 Å². The van der Waals surface area contributed by atoms with Gasteiger partial charge in [-0.2, -0.15) is 4.31 Å². The van der Waals surface area contributed by atoms with Crippen LogP contribution in [0.15, 0.2) is 16.6 Å². The molecule has 6 nitrogen and oxygen atoms in total. The zero-order valence-corrected chi connectivity index (χ0v) is 12.5. The minimum absolute atomic E-state index is 0.0783. The number of hydrogen-bond acceptors (Lipinski definition) is 5. The lowest BCUT2D eigenvalue weighted by atomic mass is 10.0. The Hall–Kier alpha value is -1.12. The summed E-state index contributed by atoms with van der Waals surface area (Å²) in [7, 11) is -3.61. The van der Waals surface area contributed by atoms with Gasteiger partial charge >= 0.3 is 0 Å². The molecule has 0 unspecified atom stereocenters. The van der Waals surface area contributed by atoms with E-state index in [-0.39, 0.29) is 16.4 Å². The van der Waals surface area contributed by atoms with Crippen LogP contribution in [0, 0.1) is 0 Å². The minimum atomic E-state index is -3.61. The Morgan fingerprint density at radius 1 is 1.47 bits per heavy atom. The van der Waals surface area contributed by atoms with Gasteiger partial charge in [0.05, 0.1) is 0 Å². The molecule has 2 aromatic heterocycles. The molecule has 0 amide bonds. The maximum Gasteiger partial charge on any atom is 0.263 e. The summed E-state index contributed by atoms with van der Waals surface area (Å²) in [4.78, 5) is 4.72. The number of fused-ring (bicyclic) bond motifs is 1. The van der Waals surface area contributed by atoms with Crippen molar-refractivity contribution in [1.82, 2.24) is 13.7 Å². The van der Waals surface area contributed by atoms with Crippen molar-refractivity contribution in [2.45, 2.75) is 37.3 Å². The van der Waals surface area contributed by atoms with Crippen molar-refractivity contribution >= 4 is 32.1 Å². The fourth-order valence-corrected chi connectivity index (χ4v) is 5.48. The van der Waals surface area contributed by atoms with Crippen LogP contribution in [0.25, 0.3) is 4.96 Å². The van der Waals surface area contributed by atoms with Crippen molar-refractivity contribution in [3.05, 3.63) is 11.6 Å². The second-order valence-corrected chi connectivity index (χ2v) is 8.00. The maximum absolute atomic E-state index is 12.8. The summed E-state index contributed by atoms with van der Waals surface area (Å²) in [6.45, 7) is 4.42. The van der Waals surface area contributed by atoms with E-state index in [9.17, 15) is 8.42 Å². The van der Waals surface area contributed by atoms with Crippen molar-refractivity contribution < 1.29 is 8.42 Å². The van der Waals surface area contributed by atoms with Crippen LogP contribution in [-0.2, 0) is 10.0 Å². The van der Waals surface area contributed by atoms with Gasteiger partial charge in [0.15, 0.2) is 15.8 Å². The van der Waals surface area contributed by atoms with Crippen LogP contribution in [0.1, 0.15) is 26.7 Å². The molecule has 0 spiro atoms. The number of imidazole rings is 1. The van der Waals surface area contributed by atoms with Gasteiger partial charge in [-0.05, 0) is 26.7 Å². The number of nitrogen functional groups attached to an aromatic ring is 1. The summed E-state index contributed by atoms with van der Waals surface area (Å²) in [6, 6.07) is 0. The summed E-state index contributed by atoms with van der Waals surface area (Å²) in [5, 5.41) is 1.90. The largest absolute Gasteiger partial charge is 0.381 e. The molecule has 3 heterocycles. The predicted molar refractivity (Wildman–Crippen MR) is 74.7 cm³/mol. The Morgan fingerprint density at radius 3 is 2.84 bits per heavy atom. The molecule has 8 heteroatoms. The zero-order valence-electron chi connectivity index (χ0n) is 10.8. The second-order valence-electron chi connectivity index (χ2n) is 5.35. The normalized spacial score (nSPS) is 20.3. The van der Waals surface area contributed by atoms with Crippen LogP contribution in [0.3, 0.4) is 0 Å². The first kappa shape index (κ1) is 12.9. The van der Waals surface area contributed by atoms with E-state index >= 15 is 0 Å². The molecule has 0 atom stereocenters. The average molecular weight is 300 g/mol. The molecule has 104 valence electrons. The summed E-state index contributed by atoms with van der Waals surface area (Å²) < 4.78 is 28.8. The number of aromatic nitrogens is 2. The smallest absolute Gasteiger partial charge is 0.263 e. The molecular formula is C11H16N4O2S2. The third kappa shape index (κ3) is 1.78. The van der Waals surface area contributed by atoms with Gasteiger partial charge in [-0.15, -0.1) is 11.3 Å². The first-order valence-electron chi connectivity index (χ1n) is 6.08. The third-order valence-corrected chi connectivity index (χ3v) is 6.51. The van der Waals surface area contributed by atoms with E-state index in [0.29, 0.717) is 11.5 Å². The van der Waals surface area contributed by atoms with Crippen LogP contribution in [-0.4, -0.2) is 34.2 Å². The van der Waals surface area contributed by atoms with Crippen molar-refractivity contribution in [2.24, 2.45) is 0 Å². The van der Waals surface area contributed by atoms with E-state index in [0.717, 1.165) is 12.8 Å². The van der Waals surface area contributed by atoms with Gasteiger partial charge in [0, 0.05) is 23.7 Å². The number of hydrogen-bond donors (Lipinski definition) is 1. The topological polar surface area (TPSA) is 80.7 Å². The van der Waals surface area contributed by atoms with E-state index in [1.807, 2.05) is 13.8 Å². The highest BCUT2D eigenvalue weighted by Crippen LogP contribution is 2.36. The summed E-state index contributed by atoms with van der Waals surface area (Å²) >= 11 is 1.37. The van der Waals surface area contributed by atoms with Crippen molar-refractivity contribution in [1.29, 1.82) is 0 Å². The molecule has 2 aromatic rings. The fourth-order valence-electron chi connectivity index (χ4n) is 2.67. The summed E-state index contributed by atoms with van der Waals surface area (Å²) in [6.07, 6.45) is 3.43. The Bertz CT molecular complexity index is 729. The molecule has 1 fully saturated rings. The lowest BCUT2D eigenvalue weighted by Crippen LogP contribution is -2.43. The van der Waals surface area contributed by atoms with Crippen LogP contribution in [0.5, 0.6) is 0 Å². The number of thiazole rings is 1. The van der Waals surface area contributed by atoms with Crippen molar-refractivity contribution in [2.75, 3.05) is 12.3 Å². The fraction of sp³-hybridized carbons (Fsp3) is 0.545. The Balaban J connectivity index is 2.20. The Kier molecular flexibility index (Phi) is 2.67. The molecule has 19 heavy (non-hydrogen) atoms. The van der Waals surface area contributed by atoms with E-state index in [2.05, 4.69) is 4.98 Å². The molecule has 1 aliphatic rings. The van der Waals surface area contributed by atoms with Gasteiger partial charge < -0.3 is 5.73 Å². The minimum Gasteiger partial charge on any atom is -0.381 e. The van der Waals surface area contributed by atoms with Gasteiger partial charge in [0.2, 0.25) is 0 Å². The summed E-state index contributed by atoms with van der Waals surface area (Å²) in [5.41, 5.74) is 5.44. The van der Waals surface area contributed by atoms with Crippen LogP contribution >= 0.6 is 11.3 Å². The highest BCUT2D eigenvalue weighted by molar-refractivity contribution is 7.89. The molecule has 0 radical (unpaired) electrons. The highest BCUT2D eigenvalue weighted by Gasteiger charge is 2.43. The maximum atomic E-state index is 12.8. The first-order chi connectivity index (χ1) is 8.84. The monoisotopic (exact) mass is 300 g/mol. The van der Waals surface area contributed by atoms with Crippen LogP contribution < -0.4 is 5.73 Å². The molecule has 1 aliphatic heterocycles. The van der Waals surface area contributed by atoms with E-state index in [1.54, 1.807) is 16.0 Å². The molecule has 0 saturated carbocycles. The third-order valence-electron chi connectivity index (χ3n) is 3.60. The number of nitrogens with two attached hydrogens (primary N) is 1. The molecule has 0 aliphatic carbocycles. The summed E-state index contributed by atoms with van der Waals surface area (Å²) in [5.74, 6) is 0.0783. The lowest BCUT2D eigenvalue weighted by molar-refractivity contribution is 0.291. The Labute approximate surface area is 115 Å². The predicted octanol–water partition coefficient (Wildman–Crippen LogP) is 1.54. The standard InChI is InChI=1S/C11H16N4O2S2/c1-11(2)4-3-5-15(11)19(16,17)9-8(12)13-10-14(9)6-7-18-10/h6-7H,3-5,12H2,1-2H3. The van der Waals surface area contributed by atoms with E-state index < -0.39 is 10.0 Å². The molecule has 3 rings (SSSR count). The average Bonchev–Trinajstić information content (AvgIpc) is 2.90. The number of nitrogens with zero attached hydrogens (tertiary/aromatic N) is 3. The van der Waals surface area contributed by atoms with Gasteiger partial charge in [0.25, 0.3) is 10.0 Å². The molecule has 2 N–H and O–H groups in total. The second kappa shape index (κ2) is 3.94. The van der Waals surface area contributed by atoms with Gasteiger partial charge in [-0.25, -0.2) is 13.4 Å². The quantitative estimate of drug-likeness (QED) is 0.912. The number of sulfonamides is 1. The number of anilines is 1. The van der Waals surface area contributed by atoms with E-state index in [1.165, 1.54) is 15.6 Å².